The van der Waals surface area contributed by atoms with Crippen LogP contribution in [0.2, 0.25) is 0 Å². The first-order valence-electron chi connectivity index (χ1n) is 6.55. The number of likely N-dealkylation sites (N-methyl/N-ethyl adjacent to an activating group) is 1. The van der Waals surface area contributed by atoms with E-state index in [1.807, 2.05) is 38.1 Å². The third-order valence-corrected chi connectivity index (χ3v) is 3.89. The third kappa shape index (κ3) is 3.43. The first-order valence-corrected chi connectivity index (χ1v) is 7.43. The number of hydrogen-bond acceptors (Lipinski definition) is 4. The van der Waals surface area contributed by atoms with Crippen molar-refractivity contribution in [3.8, 4) is 0 Å². The lowest BCUT2D eigenvalue weighted by molar-refractivity contribution is -0.117. The molecule has 5 heteroatoms. The normalized spacial score (nSPS) is 10.6. The minimum absolute atomic E-state index is 0.0249. The van der Waals surface area contributed by atoms with Gasteiger partial charge < -0.3 is 10.0 Å². The average Bonchev–Trinajstić information content (AvgIpc) is 2.87. The van der Waals surface area contributed by atoms with Crippen molar-refractivity contribution in [2.75, 3.05) is 11.4 Å². The van der Waals surface area contributed by atoms with Crippen LogP contribution in [0.4, 0.5) is 5.69 Å². The van der Waals surface area contributed by atoms with E-state index in [1.54, 1.807) is 10.3 Å². The van der Waals surface area contributed by atoms with Crippen molar-refractivity contribution in [3.63, 3.8) is 0 Å². The molecule has 0 fully saturated rings. The number of carbonyl (C=O) groups excluding carboxylic acids is 1. The Hall–Kier alpha value is -1.72. The maximum absolute atomic E-state index is 12.4. The van der Waals surface area contributed by atoms with Gasteiger partial charge in [0.25, 0.3) is 0 Å². The first-order chi connectivity index (χ1) is 9.63. The lowest BCUT2D eigenvalue weighted by Gasteiger charge is -2.21. The molecule has 1 aromatic carbocycles. The summed E-state index contributed by atoms with van der Waals surface area (Å²) in [6.45, 7) is 4.51. The van der Waals surface area contributed by atoms with Gasteiger partial charge >= 0.3 is 0 Å². The molecule has 1 N–H and O–H groups in total. The molecule has 0 atom stereocenters. The second-order valence-electron chi connectivity index (χ2n) is 4.54. The molecule has 4 nitrogen and oxygen atoms in total. The average molecular weight is 290 g/mol. The molecule has 1 aromatic heterocycles. The van der Waals surface area contributed by atoms with Gasteiger partial charge in [-0.05, 0) is 31.5 Å². The Bertz CT molecular complexity index is 595. The zero-order chi connectivity index (χ0) is 14.5. The molecule has 0 bridgehead atoms. The number of aryl methyl sites for hydroxylation is 1. The van der Waals surface area contributed by atoms with Crippen LogP contribution in [-0.4, -0.2) is 22.5 Å². The Balaban J connectivity index is 2.13. The molecule has 0 radical (unpaired) electrons. The number of rotatable bonds is 5. The van der Waals surface area contributed by atoms with Crippen LogP contribution in [0.25, 0.3) is 0 Å². The van der Waals surface area contributed by atoms with Crippen LogP contribution in [-0.2, 0) is 17.8 Å². The molecule has 0 aliphatic carbocycles. The molecule has 0 spiro atoms. The molecule has 0 aliphatic heterocycles. The van der Waals surface area contributed by atoms with Crippen LogP contribution in [0.1, 0.15) is 23.2 Å². The van der Waals surface area contributed by atoms with Gasteiger partial charge in [-0.25, -0.2) is 4.98 Å². The largest absolute Gasteiger partial charge is 0.390 e. The van der Waals surface area contributed by atoms with Crippen molar-refractivity contribution in [1.29, 1.82) is 0 Å². The van der Waals surface area contributed by atoms with E-state index in [1.165, 1.54) is 11.3 Å². The number of amides is 1. The highest BCUT2D eigenvalue weighted by atomic mass is 32.1. The Kier molecular flexibility index (Phi) is 4.87. The molecule has 106 valence electrons. The SMILES string of the molecule is CCN(C(=O)Cc1nc(CO)cs1)c1cccc(C)c1. The van der Waals surface area contributed by atoms with E-state index in [2.05, 4.69) is 4.98 Å². The summed E-state index contributed by atoms with van der Waals surface area (Å²) in [6.07, 6.45) is 0.270. The van der Waals surface area contributed by atoms with Gasteiger partial charge in [0.05, 0.1) is 18.7 Å². The molecule has 0 saturated carbocycles. The van der Waals surface area contributed by atoms with E-state index in [9.17, 15) is 4.79 Å². The van der Waals surface area contributed by atoms with E-state index in [4.69, 9.17) is 5.11 Å². The second-order valence-corrected chi connectivity index (χ2v) is 5.49. The number of carbonyl (C=O) groups is 1. The van der Waals surface area contributed by atoms with Crippen LogP contribution in [0, 0.1) is 6.92 Å². The van der Waals surface area contributed by atoms with Crippen LogP contribution in [0.5, 0.6) is 0 Å². The molecule has 0 unspecified atom stereocenters. The van der Waals surface area contributed by atoms with Gasteiger partial charge in [0, 0.05) is 17.6 Å². The van der Waals surface area contributed by atoms with E-state index in [0.717, 1.165) is 16.3 Å². The van der Waals surface area contributed by atoms with Crippen molar-refractivity contribution in [3.05, 3.63) is 45.9 Å². The topological polar surface area (TPSA) is 53.4 Å². The van der Waals surface area contributed by atoms with E-state index >= 15 is 0 Å². The molecule has 0 aliphatic rings. The lowest BCUT2D eigenvalue weighted by Crippen LogP contribution is -2.32. The van der Waals surface area contributed by atoms with Gasteiger partial charge in [-0.3, -0.25) is 4.79 Å². The number of nitrogens with zero attached hydrogens (tertiary/aromatic N) is 2. The highest BCUT2D eigenvalue weighted by Gasteiger charge is 2.16. The third-order valence-electron chi connectivity index (χ3n) is 2.99. The number of benzene rings is 1. The molecular weight excluding hydrogens is 272 g/mol. The number of aliphatic hydroxyl groups excluding tert-OH is 1. The predicted octanol–water partition coefficient (Wildman–Crippen LogP) is 2.54. The standard InChI is InChI=1S/C15H18N2O2S/c1-3-17(13-6-4-5-11(2)7-13)15(19)8-14-16-12(9-18)10-20-14/h4-7,10,18H,3,8-9H2,1-2H3. The summed E-state index contributed by atoms with van der Waals surface area (Å²) in [5.74, 6) is 0.0249. The van der Waals surface area contributed by atoms with Crippen molar-refractivity contribution >= 4 is 22.9 Å². The maximum atomic E-state index is 12.4. The van der Waals surface area contributed by atoms with Gasteiger partial charge in [-0.1, -0.05) is 12.1 Å². The molecule has 0 saturated heterocycles. The summed E-state index contributed by atoms with van der Waals surface area (Å²) in [5.41, 5.74) is 2.67. The fourth-order valence-corrected chi connectivity index (χ4v) is 2.80. The number of anilines is 1. The summed E-state index contributed by atoms with van der Waals surface area (Å²) in [5, 5.41) is 11.5. The zero-order valence-corrected chi connectivity index (χ0v) is 12.5. The fourth-order valence-electron chi connectivity index (χ4n) is 2.03. The number of hydrogen-bond donors (Lipinski definition) is 1. The van der Waals surface area contributed by atoms with Crippen LogP contribution in [0.3, 0.4) is 0 Å². The Morgan fingerprint density at radius 1 is 1.45 bits per heavy atom. The minimum atomic E-state index is -0.0833. The zero-order valence-electron chi connectivity index (χ0n) is 11.7. The molecule has 2 aromatic rings. The highest BCUT2D eigenvalue weighted by Crippen LogP contribution is 2.18. The number of aliphatic hydroxyl groups is 1. The van der Waals surface area contributed by atoms with E-state index in [-0.39, 0.29) is 18.9 Å². The van der Waals surface area contributed by atoms with Crippen LogP contribution >= 0.6 is 11.3 Å². The Labute approximate surface area is 122 Å². The monoisotopic (exact) mass is 290 g/mol. The van der Waals surface area contributed by atoms with Crippen molar-refractivity contribution < 1.29 is 9.90 Å². The summed E-state index contributed by atoms with van der Waals surface area (Å²) in [4.78, 5) is 18.4. The lowest BCUT2D eigenvalue weighted by atomic mass is 10.2. The van der Waals surface area contributed by atoms with E-state index < -0.39 is 0 Å². The molecular formula is C15H18N2O2S. The maximum Gasteiger partial charge on any atom is 0.233 e. The number of thiazole rings is 1. The summed E-state index contributed by atoms with van der Waals surface area (Å²) in [6, 6.07) is 7.90. The summed E-state index contributed by atoms with van der Waals surface area (Å²) in [7, 11) is 0. The Morgan fingerprint density at radius 3 is 2.85 bits per heavy atom. The first kappa shape index (κ1) is 14.7. The van der Waals surface area contributed by atoms with Gasteiger partial charge in [0.1, 0.15) is 5.01 Å². The molecule has 1 heterocycles. The van der Waals surface area contributed by atoms with Crippen molar-refractivity contribution in [1.82, 2.24) is 4.98 Å². The number of aromatic nitrogens is 1. The van der Waals surface area contributed by atoms with Crippen LogP contribution < -0.4 is 4.90 Å². The van der Waals surface area contributed by atoms with Crippen molar-refractivity contribution in [2.45, 2.75) is 26.9 Å². The quantitative estimate of drug-likeness (QED) is 0.920. The molecule has 2 rings (SSSR count). The van der Waals surface area contributed by atoms with E-state index in [0.29, 0.717) is 12.2 Å². The van der Waals surface area contributed by atoms with Gasteiger partial charge in [0.2, 0.25) is 5.91 Å². The fraction of sp³-hybridized carbons (Fsp3) is 0.333. The van der Waals surface area contributed by atoms with Crippen LogP contribution in [0.15, 0.2) is 29.6 Å². The predicted molar refractivity (Wildman–Crippen MR) is 80.9 cm³/mol. The Morgan fingerprint density at radius 2 is 2.25 bits per heavy atom. The van der Waals surface area contributed by atoms with Crippen molar-refractivity contribution in [2.24, 2.45) is 0 Å². The summed E-state index contributed by atoms with van der Waals surface area (Å²) < 4.78 is 0. The minimum Gasteiger partial charge on any atom is -0.390 e. The smallest absolute Gasteiger partial charge is 0.233 e. The highest BCUT2D eigenvalue weighted by molar-refractivity contribution is 7.09. The summed E-state index contributed by atoms with van der Waals surface area (Å²) >= 11 is 1.41. The van der Waals surface area contributed by atoms with Gasteiger partial charge in [-0.2, -0.15) is 0 Å². The molecule has 20 heavy (non-hydrogen) atoms. The van der Waals surface area contributed by atoms with Gasteiger partial charge in [-0.15, -0.1) is 11.3 Å². The molecule has 1 amide bonds. The van der Waals surface area contributed by atoms with Gasteiger partial charge in [0.15, 0.2) is 0 Å². The second kappa shape index (κ2) is 6.63.